The van der Waals surface area contributed by atoms with Crippen molar-refractivity contribution in [1.82, 2.24) is 20.2 Å². The van der Waals surface area contributed by atoms with Gasteiger partial charge in [-0.1, -0.05) is 18.3 Å². The minimum Gasteiger partial charge on any atom is -0.286 e. The summed E-state index contributed by atoms with van der Waals surface area (Å²) in [6.45, 7) is 1.21. The number of amides is 1. The Morgan fingerprint density at radius 2 is 1.66 bits per heavy atom. The van der Waals surface area contributed by atoms with E-state index in [0.717, 1.165) is 13.1 Å². The summed E-state index contributed by atoms with van der Waals surface area (Å²) in [5, 5.41) is 3.36. The second-order valence-electron chi connectivity index (χ2n) is 6.82. The zero-order valence-electron chi connectivity index (χ0n) is 17.2. The van der Waals surface area contributed by atoms with E-state index in [0.29, 0.717) is 17.2 Å². The number of nitrogens with zero attached hydrogens (tertiary/aromatic N) is 5. The van der Waals surface area contributed by atoms with E-state index in [2.05, 4.69) is 20.2 Å². The maximum Gasteiger partial charge on any atom is 0.460 e. The van der Waals surface area contributed by atoms with Gasteiger partial charge in [0.1, 0.15) is 0 Å². The Kier molecular flexibility index (Phi) is 6.51. The van der Waals surface area contributed by atoms with Gasteiger partial charge in [0.05, 0.1) is 33.4 Å². The molecule has 0 atom stereocenters. The number of rotatable bonds is 5. The van der Waals surface area contributed by atoms with Crippen LogP contribution in [-0.2, 0) is 21.9 Å². The fourth-order valence-electron chi connectivity index (χ4n) is 2.62. The molecule has 1 amide bonds. The molecule has 0 N–H and O–H groups in total. The van der Waals surface area contributed by atoms with E-state index in [1.54, 1.807) is 0 Å². The number of fused-ring (bicyclic) bond motifs is 1. The van der Waals surface area contributed by atoms with E-state index in [1.165, 1.54) is 6.92 Å². The van der Waals surface area contributed by atoms with Crippen molar-refractivity contribution in [3.63, 3.8) is 0 Å². The van der Waals surface area contributed by atoms with Crippen LogP contribution in [0.4, 0.5) is 40.3 Å². The van der Waals surface area contributed by atoms with Crippen LogP contribution in [0.1, 0.15) is 28.0 Å². The number of carbonyl (C=O) groups excluding carboxylic acids is 1. The quantitative estimate of drug-likeness (QED) is 0.439. The standard InChI is InChI=1S/C17H11F8N5O3S2/c1-3-35(32,33)10-5-8-9(27-11(6-26-8)16(20,21)22)4-7(10)12(31)30(2)14-29-28-13(34-14)15(18,19)17(23,24)25/h4-6H,3H2,1-2H3. The van der Waals surface area contributed by atoms with Crippen molar-refractivity contribution in [1.29, 1.82) is 0 Å². The summed E-state index contributed by atoms with van der Waals surface area (Å²) in [4.78, 5) is 19.7. The molecule has 0 aliphatic carbocycles. The maximum atomic E-state index is 13.5. The molecule has 18 heteroatoms. The summed E-state index contributed by atoms with van der Waals surface area (Å²) in [5.41, 5.74) is -2.98. The van der Waals surface area contributed by atoms with Crippen molar-refractivity contribution in [2.45, 2.75) is 30.1 Å². The molecule has 2 aromatic heterocycles. The van der Waals surface area contributed by atoms with Crippen LogP contribution in [0.3, 0.4) is 0 Å². The Morgan fingerprint density at radius 1 is 1.03 bits per heavy atom. The lowest BCUT2D eigenvalue weighted by Crippen LogP contribution is -2.33. The lowest BCUT2D eigenvalue weighted by atomic mass is 10.1. The van der Waals surface area contributed by atoms with E-state index >= 15 is 0 Å². The minimum absolute atomic E-state index is 0.287. The first kappa shape index (κ1) is 26.6. The number of sulfone groups is 1. The van der Waals surface area contributed by atoms with Crippen molar-refractivity contribution in [2.24, 2.45) is 0 Å². The summed E-state index contributed by atoms with van der Waals surface area (Å²) in [7, 11) is -3.32. The number of carbonyl (C=O) groups is 1. The molecule has 0 saturated carbocycles. The first-order valence-electron chi connectivity index (χ1n) is 9.07. The van der Waals surface area contributed by atoms with E-state index in [9.17, 15) is 48.3 Å². The van der Waals surface area contributed by atoms with Crippen LogP contribution in [0.25, 0.3) is 11.0 Å². The van der Waals surface area contributed by atoms with Crippen molar-refractivity contribution in [2.75, 3.05) is 17.7 Å². The molecule has 2 heterocycles. The molecule has 190 valence electrons. The molecule has 35 heavy (non-hydrogen) atoms. The third-order valence-electron chi connectivity index (χ3n) is 4.51. The number of aromatic nitrogens is 4. The van der Waals surface area contributed by atoms with Gasteiger partial charge in [0.15, 0.2) is 20.5 Å². The average Bonchev–Trinajstić information content (AvgIpc) is 3.26. The second-order valence-corrected chi connectivity index (χ2v) is 10.0. The van der Waals surface area contributed by atoms with Gasteiger partial charge in [0, 0.05) is 7.05 Å². The van der Waals surface area contributed by atoms with Crippen LogP contribution in [0.15, 0.2) is 23.2 Å². The predicted octanol–water partition coefficient (Wildman–Crippen LogP) is 4.22. The fourth-order valence-corrected chi connectivity index (χ4v) is 4.51. The molecular weight excluding hydrogens is 538 g/mol. The number of anilines is 1. The van der Waals surface area contributed by atoms with Gasteiger partial charge in [-0.05, 0) is 12.1 Å². The van der Waals surface area contributed by atoms with Gasteiger partial charge in [-0.25, -0.2) is 13.4 Å². The Labute approximate surface area is 194 Å². The lowest BCUT2D eigenvalue weighted by molar-refractivity contribution is -0.289. The summed E-state index contributed by atoms with van der Waals surface area (Å²) in [5.74, 6) is -7.22. The summed E-state index contributed by atoms with van der Waals surface area (Å²) < 4.78 is 129. The highest BCUT2D eigenvalue weighted by Crippen LogP contribution is 2.45. The predicted molar refractivity (Wildman–Crippen MR) is 105 cm³/mol. The molecule has 8 nitrogen and oxygen atoms in total. The van der Waals surface area contributed by atoms with Gasteiger partial charge in [-0.2, -0.15) is 35.1 Å². The monoisotopic (exact) mass is 549 g/mol. The molecule has 3 aromatic rings. The van der Waals surface area contributed by atoms with Crippen LogP contribution in [0.2, 0.25) is 0 Å². The molecule has 0 saturated heterocycles. The third kappa shape index (κ3) is 4.89. The van der Waals surface area contributed by atoms with Gasteiger partial charge in [0.2, 0.25) is 5.13 Å². The first-order chi connectivity index (χ1) is 15.9. The highest BCUT2D eigenvalue weighted by molar-refractivity contribution is 7.91. The van der Waals surface area contributed by atoms with E-state index in [4.69, 9.17) is 0 Å². The highest BCUT2D eigenvalue weighted by Gasteiger charge is 2.61. The van der Waals surface area contributed by atoms with E-state index in [-0.39, 0.29) is 16.9 Å². The third-order valence-corrected chi connectivity index (χ3v) is 7.35. The van der Waals surface area contributed by atoms with Gasteiger partial charge >= 0.3 is 18.3 Å². The van der Waals surface area contributed by atoms with Crippen LogP contribution < -0.4 is 4.90 Å². The molecule has 0 aliphatic heterocycles. The summed E-state index contributed by atoms with van der Waals surface area (Å²) in [6.07, 6.45) is -10.5. The fraction of sp³-hybridized carbons (Fsp3) is 0.353. The highest BCUT2D eigenvalue weighted by atomic mass is 32.2. The molecular formula is C17H11F8N5O3S2. The Morgan fingerprint density at radius 3 is 2.20 bits per heavy atom. The number of halogens is 8. The smallest absolute Gasteiger partial charge is 0.286 e. The van der Waals surface area contributed by atoms with Crippen LogP contribution in [0, 0.1) is 0 Å². The van der Waals surface area contributed by atoms with Gasteiger partial charge < -0.3 is 0 Å². The Hall–Kier alpha value is -3.02. The lowest BCUT2D eigenvalue weighted by Gasteiger charge is -2.17. The molecule has 3 rings (SSSR count). The van der Waals surface area contributed by atoms with E-state index in [1.807, 2.05) is 0 Å². The van der Waals surface area contributed by atoms with Crippen molar-refractivity contribution >= 4 is 43.2 Å². The maximum absolute atomic E-state index is 13.5. The van der Waals surface area contributed by atoms with Crippen molar-refractivity contribution < 1.29 is 48.3 Å². The summed E-state index contributed by atoms with van der Waals surface area (Å²) >= 11 is -0.287. The molecule has 1 aromatic carbocycles. The molecule has 0 bridgehead atoms. The van der Waals surface area contributed by atoms with Crippen LogP contribution >= 0.6 is 11.3 Å². The Bertz CT molecular complexity index is 1400. The van der Waals surface area contributed by atoms with Gasteiger partial charge in [-0.15, -0.1) is 10.2 Å². The Balaban J connectivity index is 2.15. The first-order valence-corrected chi connectivity index (χ1v) is 11.5. The molecule has 0 fully saturated rings. The average molecular weight is 549 g/mol. The zero-order chi connectivity index (χ0) is 26.6. The van der Waals surface area contributed by atoms with Gasteiger partial charge in [0.25, 0.3) is 5.91 Å². The number of benzene rings is 1. The topological polar surface area (TPSA) is 106 Å². The van der Waals surface area contributed by atoms with Crippen molar-refractivity contribution in [3.8, 4) is 0 Å². The van der Waals surface area contributed by atoms with Crippen molar-refractivity contribution in [3.05, 3.63) is 34.6 Å². The minimum atomic E-state index is -6.00. The largest absolute Gasteiger partial charge is 0.460 e. The normalized spacial score (nSPS) is 13.3. The zero-order valence-corrected chi connectivity index (χ0v) is 18.9. The van der Waals surface area contributed by atoms with Crippen LogP contribution in [0.5, 0.6) is 0 Å². The second kappa shape index (κ2) is 8.58. The molecule has 0 aliphatic rings. The van der Waals surface area contributed by atoms with Gasteiger partial charge in [-0.3, -0.25) is 14.7 Å². The summed E-state index contributed by atoms with van der Waals surface area (Å²) in [6, 6.07) is 1.51. The number of alkyl halides is 8. The SMILES string of the molecule is CCS(=O)(=O)c1cc2ncc(C(F)(F)F)nc2cc1C(=O)N(C)c1nnc(C(F)(F)C(F)(F)F)s1. The van der Waals surface area contributed by atoms with Crippen LogP contribution in [-0.4, -0.2) is 53.5 Å². The number of hydrogen-bond donors (Lipinski definition) is 0. The molecule has 0 spiro atoms. The molecule has 0 unspecified atom stereocenters. The van der Waals surface area contributed by atoms with E-state index < -0.39 is 71.6 Å². The number of hydrogen-bond acceptors (Lipinski definition) is 8. The molecule has 0 radical (unpaired) electrons.